The molecule has 142 valence electrons. The van der Waals surface area contributed by atoms with Crippen LogP contribution in [0.2, 0.25) is 0 Å². The second-order valence-electron chi connectivity index (χ2n) is 5.96. The molecule has 0 spiro atoms. The summed E-state index contributed by atoms with van der Waals surface area (Å²) in [5, 5.41) is 19.7. The van der Waals surface area contributed by atoms with E-state index in [9.17, 15) is 23.5 Å². The van der Waals surface area contributed by atoms with Gasteiger partial charge in [-0.25, -0.2) is 4.79 Å². The first-order chi connectivity index (χ1) is 12.9. The number of furan rings is 1. The maximum absolute atomic E-state index is 11.8. The lowest BCUT2D eigenvalue weighted by molar-refractivity contribution is -0.140. The third-order valence-electron chi connectivity index (χ3n) is 4.21. The fourth-order valence-corrected chi connectivity index (χ4v) is 3.70. The third kappa shape index (κ3) is 3.93. The molecule has 0 aliphatic rings. The smallest absolute Gasteiger partial charge is 0.327 e. The Labute approximate surface area is 156 Å². The van der Waals surface area contributed by atoms with Crippen LogP contribution in [0, 0.1) is 0 Å². The molecule has 0 saturated carbocycles. The normalized spacial score (nSPS) is 13.5. The lowest BCUT2D eigenvalue weighted by Gasteiger charge is -2.32. The van der Waals surface area contributed by atoms with Gasteiger partial charge >= 0.3 is 11.9 Å². The van der Waals surface area contributed by atoms with E-state index >= 15 is 0 Å². The number of hydrogen-bond acceptors (Lipinski definition) is 5. The van der Waals surface area contributed by atoms with Gasteiger partial charge in [0.1, 0.15) is 17.2 Å². The first-order valence-electron chi connectivity index (χ1n) is 8.13. The minimum Gasteiger partial charge on any atom is -0.755 e. The number of carboxylic acids is 2. The molecule has 3 rings (SSSR count). The maximum atomic E-state index is 11.8. The molecule has 1 aromatic heterocycles. The lowest BCUT2D eigenvalue weighted by Crippen LogP contribution is -2.42. The molecule has 3 aromatic rings. The van der Waals surface area contributed by atoms with Crippen LogP contribution in [0.1, 0.15) is 19.3 Å². The van der Waals surface area contributed by atoms with E-state index in [1.54, 1.807) is 18.2 Å². The summed E-state index contributed by atoms with van der Waals surface area (Å²) in [6.07, 6.45) is -0.328. The van der Waals surface area contributed by atoms with Crippen LogP contribution in [0.4, 0.5) is 5.69 Å². The van der Waals surface area contributed by atoms with Gasteiger partial charge in [-0.05, 0) is 37.1 Å². The van der Waals surface area contributed by atoms with Crippen molar-refractivity contribution in [2.24, 2.45) is 0 Å². The van der Waals surface area contributed by atoms with Gasteiger partial charge < -0.3 is 19.2 Å². The highest BCUT2D eigenvalue weighted by Gasteiger charge is 2.27. The van der Waals surface area contributed by atoms with Crippen molar-refractivity contribution in [3.8, 4) is 0 Å². The number of nitrogens with zero attached hydrogens (tertiary/aromatic N) is 1. The number of para-hydroxylation sites is 1. The molecule has 0 amide bonds. The van der Waals surface area contributed by atoms with Gasteiger partial charge in [0.05, 0.1) is 5.69 Å². The SMILES string of the molecule is O=C(O)CCCC(C(=O)O)N(c1ccc2oc3ccccc3c2c1)S(=O)[O-]. The van der Waals surface area contributed by atoms with E-state index in [-0.39, 0.29) is 24.9 Å². The Balaban J connectivity index is 2.02. The number of hydrogen-bond donors (Lipinski definition) is 2. The minimum atomic E-state index is -2.86. The van der Waals surface area contributed by atoms with Gasteiger partial charge in [0, 0.05) is 28.5 Å². The molecule has 27 heavy (non-hydrogen) atoms. The summed E-state index contributed by atoms with van der Waals surface area (Å²) in [5.41, 5.74) is 1.36. The highest BCUT2D eigenvalue weighted by Crippen LogP contribution is 2.33. The molecule has 0 aliphatic heterocycles. The lowest BCUT2D eigenvalue weighted by atomic mass is 10.1. The molecule has 9 heteroatoms. The molecule has 1 heterocycles. The van der Waals surface area contributed by atoms with Crippen molar-refractivity contribution in [3.05, 3.63) is 42.5 Å². The topological polar surface area (TPSA) is 131 Å². The predicted octanol–water partition coefficient (Wildman–Crippen LogP) is 2.89. The van der Waals surface area contributed by atoms with E-state index in [1.165, 1.54) is 6.07 Å². The number of aliphatic carboxylic acids is 2. The fraction of sp³-hybridized carbons (Fsp3) is 0.222. The first-order valence-corrected chi connectivity index (χ1v) is 9.16. The van der Waals surface area contributed by atoms with E-state index in [2.05, 4.69) is 0 Å². The summed E-state index contributed by atoms with van der Waals surface area (Å²) in [5.74, 6) is -2.41. The van der Waals surface area contributed by atoms with Crippen LogP contribution in [0.3, 0.4) is 0 Å². The zero-order chi connectivity index (χ0) is 19.6. The zero-order valence-electron chi connectivity index (χ0n) is 14.0. The molecule has 8 nitrogen and oxygen atoms in total. The molecule has 2 unspecified atom stereocenters. The van der Waals surface area contributed by atoms with E-state index < -0.39 is 29.2 Å². The van der Waals surface area contributed by atoms with Gasteiger partial charge in [-0.2, -0.15) is 0 Å². The van der Waals surface area contributed by atoms with Crippen LogP contribution >= 0.6 is 0 Å². The molecule has 2 N–H and O–H groups in total. The first kappa shape index (κ1) is 18.9. The third-order valence-corrected chi connectivity index (χ3v) is 5.00. The molecule has 0 aliphatic carbocycles. The van der Waals surface area contributed by atoms with E-state index in [1.807, 2.05) is 18.2 Å². The summed E-state index contributed by atoms with van der Waals surface area (Å²) in [4.78, 5) is 22.3. The fourth-order valence-electron chi connectivity index (χ4n) is 3.01. The Kier molecular flexibility index (Phi) is 5.43. The number of carbonyl (C=O) groups is 2. The van der Waals surface area contributed by atoms with Crippen molar-refractivity contribution >= 4 is 50.8 Å². The monoisotopic (exact) mass is 390 g/mol. The van der Waals surface area contributed by atoms with Gasteiger partial charge in [-0.15, -0.1) is 0 Å². The van der Waals surface area contributed by atoms with Crippen LogP contribution in [0.5, 0.6) is 0 Å². The average Bonchev–Trinajstić information content (AvgIpc) is 2.98. The quantitative estimate of drug-likeness (QED) is 0.565. The molecule has 0 bridgehead atoms. The second kappa shape index (κ2) is 7.77. The number of benzene rings is 2. The molecule has 0 radical (unpaired) electrons. The van der Waals surface area contributed by atoms with Gasteiger partial charge in [0.15, 0.2) is 0 Å². The van der Waals surface area contributed by atoms with Crippen molar-refractivity contribution in [3.63, 3.8) is 0 Å². The van der Waals surface area contributed by atoms with Crippen molar-refractivity contribution in [1.82, 2.24) is 0 Å². The van der Waals surface area contributed by atoms with Gasteiger partial charge in [-0.3, -0.25) is 13.3 Å². The van der Waals surface area contributed by atoms with E-state index in [4.69, 9.17) is 9.52 Å². The largest absolute Gasteiger partial charge is 0.755 e. The molecule has 2 aromatic carbocycles. The Morgan fingerprint density at radius 3 is 2.48 bits per heavy atom. The number of anilines is 1. The van der Waals surface area contributed by atoms with Gasteiger partial charge in [0.25, 0.3) is 0 Å². The van der Waals surface area contributed by atoms with Crippen molar-refractivity contribution in [2.75, 3.05) is 4.31 Å². The zero-order valence-corrected chi connectivity index (χ0v) is 14.8. The maximum Gasteiger partial charge on any atom is 0.327 e. The van der Waals surface area contributed by atoms with Crippen molar-refractivity contribution < 1.29 is 33.0 Å². The molecule has 0 saturated heterocycles. The van der Waals surface area contributed by atoms with Gasteiger partial charge in [-0.1, -0.05) is 18.2 Å². The molecule has 2 atom stereocenters. The Hall–Kier alpha value is -2.91. The summed E-state index contributed by atoms with van der Waals surface area (Å²) in [7, 11) is 0. The van der Waals surface area contributed by atoms with Crippen molar-refractivity contribution in [2.45, 2.75) is 25.3 Å². The van der Waals surface area contributed by atoms with E-state index in [0.29, 0.717) is 16.6 Å². The Morgan fingerprint density at radius 1 is 1.11 bits per heavy atom. The number of rotatable bonds is 8. The molecule has 0 fully saturated rings. The Morgan fingerprint density at radius 2 is 1.81 bits per heavy atom. The minimum absolute atomic E-state index is 0.0386. The van der Waals surface area contributed by atoms with E-state index in [0.717, 1.165) is 9.69 Å². The second-order valence-corrected chi connectivity index (χ2v) is 6.79. The average molecular weight is 390 g/mol. The number of fused-ring (bicyclic) bond motifs is 3. The van der Waals surface area contributed by atoms with Crippen LogP contribution in [-0.2, 0) is 20.9 Å². The van der Waals surface area contributed by atoms with Crippen LogP contribution in [0.25, 0.3) is 21.9 Å². The highest BCUT2D eigenvalue weighted by molar-refractivity contribution is 7.80. The van der Waals surface area contributed by atoms with Crippen LogP contribution < -0.4 is 4.31 Å². The summed E-state index contributed by atoms with van der Waals surface area (Å²) >= 11 is -2.86. The van der Waals surface area contributed by atoms with Crippen LogP contribution in [0.15, 0.2) is 46.9 Å². The van der Waals surface area contributed by atoms with Crippen molar-refractivity contribution in [1.29, 1.82) is 0 Å². The Bertz CT molecular complexity index is 1030. The van der Waals surface area contributed by atoms with Gasteiger partial charge in [0.2, 0.25) is 0 Å². The molecular weight excluding hydrogens is 374 g/mol. The summed E-state index contributed by atoms with van der Waals surface area (Å²) < 4.78 is 30.1. The standard InChI is InChI=1S/C18H17NO7S/c20-17(21)7-3-5-14(18(22)23)19(27(24)25)11-8-9-16-13(10-11)12-4-1-2-6-15(12)26-16/h1-2,4,6,8-10,14H,3,5,7H2,(H,20,21)(H,22,23)(H,24,25)/p-1. The highest BCUT2D eigenvalue weighted by atomic mass is 32.2. The predicted molar refractivity (Wildman–Crippen MR) is 98.0 cm³/mol. The summed E-state index contributed by atoms with van der Waals surface area (Å²) in [6.45, 7) is 0. The molecular formula is C18H16NO7S-. The van der Waals surface area contributed by atoms with Crippen LogP contribution in [-0.4, -0.2) is 37.0 Å². The summed E-state index contributed by atoms with van der Waals surface area (Å²) in [6, 6.07) is 10.4. The number of carboxylic acid groups (broad SMARTS) is 2.